The van der Waals surface area contributed by atoms with E-state index in [4.69, 9.17) is 0 Å². The van der Waals surface area contributed by atoms with Gasteiger partial charge in [-0.15, -0.1) is 0 Å². The largest absolute Gasteiger partial charge is 0.390 e. The molecule has 8 aliphatic carbocycles. The maximum absolute atomic E-state index is 13.1. The summed E-state index contributed by atoms with van der Waals surface area (Å²) < 4.78 is 0. The maximum atomic E-state index is 13.1. The Morgan fingerprint density at radius 2 is 1.32 bits per heavy atom. The predicted molar refractivity (Wildman–Crippen MR) is 95.7 cm³/mol. The Bertz CT molecular complexity index is 562. The van der Waals surface area contributed by atoms with E-state index in [9.17, 15) is 9.90 Å². The van der Waals surface area contributed by atoms with Gasteiger partial charge < -0.3 is 10.4 Å². The molecule has 3 nitrogen and oxygen atoms in total. The van der Waals surface area contributed by atoms with Crippen molar-refractivity contribution in [2.75, 3.05) is 0 Å². The van der Waals surface area contributed by atoms with E-state index in [-0.39, 0.29) is 5.54 Å². The molecule has 0 aliphatic heterocycles. The highest BCUT2D eigenvalue weighted by atomic mass is 16.3. The van der Waals surface area contributed by atoms with Crippen molar-refractivity contribution in [2.24, 2.45) is 35.0 Å². The third-order valence-corrected chi connectivity index (χ3v) is 9.14. The Kier molecular flexibility index (Phi) is 2.99. The Morgan fingerprint density at radius 1 is 0.800 bits per heavy atom. The van der Waals surface area contributed by atoms with Gasteiger partial charge in [0, 0.05) is 12.0 Å². The highest BCUT2D eigenvalue weighted by Crippen LogP contribution is 2.62. The molecule has 8 rings (SSSR count). The Labute approximate surface area is 151 Å². The lowest BCUT2D eigenvalue weighted by atomic mass is 9.48. The fraction of sp³-hybridized carbons (Fsp3) is 0.955. The smallest absolute Gasteiger partial charge is 0.220 e. The van der Waals surface area contributed by atoms with E-state index in [1.54, 1.807) is 0 Å². The van der Waals surface area contributed by atoms with Gasteiger partial charge in [-0.1, -0.05) is 0 Å². The van der Waals surface area contributed by atoms with Crippen LogP contribution in [0, 0.1) is 35.0 Å². The Balaban J connectivity index is 1.18. The van der Waals surface area contributed by atoms with Crippen LogP contribution in [0.2, 0.25) is 0 Å². The number of carbonyl (C=O) groups is 1. The quantitative estimate of drug-likeness (QED) is 0.819. The number of hydrogen-bond donors (Lipinski definition) is 2. The van der Waals surface area contributed by atoms with Crippen LogP contribution in [-0.2, 0) is 4.79 Å². The van der Waals surface area contributed by atoms with E-state index in [0.717, 1.165) is 56.3 Å². The zero-order valence-corrected chi connectivity index (χ0v) is 15.4. The molecule has 0 aromatic rings. The molecule has 2 N–H and O–H groups in total. The molecule has 3 heteroatoms. The van der Waals surface area contributed by atoms with Gasteiger partial charge in [0.05, 0.1) is 5.60 Å². The lowest BCUT2D eigenvalue weighted by Gasteiger charge is -2.60. The topological polar surface area (TPSA) is 49.3 Å². The van der Waals surface area contributed by atoms with Crippen molar-refractivity contribution >= 4 is 5.91 Å². The molecule has 25 heavy (non-hydrogen) atoms. The van der Waals surface area contributed by atoms with Crippen molar-refractivity contribution in [1.82, 2.24) is 5.32 Å². The highest BCUT2D eigenvalue weighted by Gasteiger charge is 2.58. The number of nitrogens with one attached hydrogen (secondary N) is 1. The lowest BCUT2D eigenvalue weighted by molar-refractivity contribution is -0.154. The van der Waals surface area contributed by atoms with E-state index in [1.807, 2.05) is 0 Å². The van der Waals surface area contributed by atoms with Gasteiger partial charge in [-0.25, -0.2) is 0 Å². The molecule has 8 aliphatic rings. The summed E-state index contributed by atoms with van der Waals surface area (Å²) in [6, 6.07) is 0. The summed E-state index contributed by atoms with van der Waals surface area (Å²) in [5.41, 5.74) is -0.214. The molecular weight excluding hydrogens is 310 g/mol. The summed E-state index contributed by atoms with van der Waals surface area (Å²) in [5, 5.41) is 14.5. The summed E-state index contributed by atoms with van der Waals surface area (Å²) in [6.07, 6.45) is 15.4. The van der Waals surface area contributed by atoms with Crippen molar-refractivity contribution < 1.29 is 9.90 Å². The molecule has 2 unspecified atom stereocenters. The van der Waals surface area contributed by atoms with Crippen molar-refractivity contribution in [3.8, 4) is 0 Å². The zero-order chi connectivity index (χ0) is 16.9. The monoisotopic (exact) mass is 343 g/mol. The van der Waals surface area contributed by atoms with Crippen LogP contribution in [0.4, 0.5) is 0 Å². The maximum Gasteiger partial charge on any atom is 0.220 e. The first-order chi connectivity index (χ1) is 11.9. The minimum Gasteiger partial charge on any atom is -0.390 e. The van der Waals surface area contributed by atoms with Gasteiger partial charge in [0.2, 0.25) is 5.91 Å². The Hall–Kier alpha value is -0.570. The van der Waals surface area contributed by atoms with E-state index in [2.05, 4.69) is 5.32 Å². The van der Waals surface area contributed by atoms with Crippen LogP contribution >= 0.6 is 0 Å². The van der Waals surface area contributed by atoms with E-state index in [0.29, 0.717) is 23.2 Å². The minimum absolute atomic E-state index is 0.0712. The van der Waals surface area contributed by atoms with Crippen LogP contribution < -0.4 is 5.32 Å². The lowest BCUT2D eigenvalue weighted by Crippen LogP contribution is -2.65. The summed E-state index contributed by atoms with van der Waals surface area (Å²) >= 11 is 0. The van der Waals surface area contributed by atoms with Crippen LogP contribution in [0.25, 0.3) is 0 Å². The van der Waals surface area contributed by atoms with Crippen LogP contribution in [-0.4, -0.2) is 22.2 Å². The molecule has 8 saturated carbocycles. The predicted octanol–water partition coefficient (Wildman–Crippen LogP) is 3.79. The third-order valence-electron chi connectivity index (χ3n) is 9.14. The molecule has 0 heterocycles. The van der Waals surface area contributed by atoms with E-state index < -0.39 is 5.60 Å². The summed E-state index contributed by atoms with van der Waals surface area (Å²) in [4.78, 5) is 13.1. The second kappa shape index (κ2) is 4.82. The first-order valence-corrected chi connectivity index (χ1v) is 10.9. The molecule has 8 fully saturated rings. The second-order valence-electron chi connectivity index (χ2n) is 11.6. The molecule has 0 spiro atoms. The fourth-order valence-corrected chi connectivity index (χ4v) is 9.55. The molecule has 0 radical (unpaired) electrons. The van der Waals surface area contributed by atoms with Crippen LogP contribution in [0.1, 0.15) is 83.5 Å². The molecule has 8 bridgehead atoms. The van der Waals surface area contributed by atoms with Gasteiger partial charge in [-0.2, -0.15) is 0 Å². The average molecular weight is 344 g/mol. The van der Waals surface area contributed by atoms with Gasteiger partial charge in [0.15, 0.2) is 0 Å². The van der Waals surface area contributed by atoms with Gasteiger partial charge in [-0.3, -0.25) is 4.79 Å². The molecular formula is C22H33NO2. The normalized spacial score (nSPS) is 57.9. The number of amides is 1. The number of carbonyl (C=O) groups excluding carboxylic acids is 1. The number of rotatable bonds is 3. The Morgan fingerprint density at radius 3 is 1.84 bits per heavy atom. The van der Waals surface area contributed by atoms with Gasteiger partial charge >= 0.3 is 0 Å². The molecule has 0 aromatic carbocycles. The minimum atomic E-state index is -0.474. The summed E-state index contributed by atoms with van der Waals surface area (Å²) in [6.45, 7) is 0. The second-order valence-corrected chi connectivity index (χ2v) is 11.6. The first-order valence-electron chi connectivity index (χ1n) is 10.9. The zero-order valence-electron chi connectivity index (χ0n) is 15.4. The van der Waals surface area contributed by atoms with Crippen molar-refractivity contribution in [2.45, 2.75) is 94.6 Å². The summed E-state index contributed by atoms with van der Waals surface area (Å²) in [7, 11) is 0. The highest BCUT2D eigenvalue weighted by molar-refractivity contribution is 5.77. The average Bonchev–Trinajstić information content (AvgIpc) is 2.40. The van der Waals surface area contributed by atoms with E-state index in [1.165, 1.54) is 44.9 Å². The fourth-order valence-electron chi connectivity index (χ4n) is 9.55. The van der Waals surface area contributed by atoms with Gasteiger partial charge in [0.1, 0.15) is 0 Å². The molecule has 138 valence electrons. The van der Waals surface area contributed by atoms with Gasteiger partial charge in [-0.05, 0) is 112 Å². The number of hydrogen-bond acceptors (Lipinski definition) is 2. The van der Waals surface area contributed by atoms with Crippen LogP contribution in [0.15, 0.2) is 0 Å². The third kappa shape index (κ3) is 2.44. The SMILES string of the molecule is O=C(CC12CC3CC(CC(C3)C1)C2)NC12CC3CC(CC(O)(C3)C1)C2. The molecule has 0 aromatic heterocycles. The van der Waals surface area contributed by atoms with Gasteiger partial charge in [0.25, 0.3) is 0 Å². The summed E-state index contributed by atoms with van der Waals surface area (Å²) in [5.74, 6) is 4.35. The molecule has 1 amide bonds. The van der Waals surface area contributed by atoms with Crippen molar-refractivity contribution in [1.29, 1.82) is 0 Å². The van der Waals surface area contributed by atoms with E-state index >= 15 is 0 Å². The van der Waals surface area contributed by atoms with Crippen LogP contribution in [0.5, 0.6) is 0 Å². The van der Waals surface area contributed by atoms with Crippen LogP contribution in [0.3, 0.4) is 0 Å². The number of aliphatic hydroxyl groups is 1. The first kappa shape index (κ1) is 15.5. The van der Waals surface area contributed by atoms with Crippen molar-refractivity contribution in [3.05, 3.63) is 0 Å². The standard InChI is InChI=1S/C22H33NO2/c24-19(12-20-5-14-1-15(6-20)3-16(2-14)7-20)23-21-8-17-4-18(9-21)11-22(25,10-17)13-21/h14-18,25H,1-13H2,(H,23,24). The molecule has 2 atom stereocenters. The van der Waals surface area contributed by atoms with Crippen molar-refractivity contribution in [3.63, 3.8) is 0 Å². The molecule has 0 saturated heterocycles.